The molecule has 0 spiro atoms. The Morgan fingerprint density at radius 2 is 1.66 bits per heavy atom. The van der Waals surface area contributed by atoms with Crippen molar-refractivity contribution in [2.75, 3.05) is 0 Å². The first-order valence-corrected chi connectivity index (χ1v) is 12.5. The van der Waals surface area contributed by atoms with Crippen molar-refractivity contribution in [3.05, 3.63) is 107 Å². The molecule has 35 heavy (non-hydrogen) atoms. The Bertz CT molecular complexity index is 1100. The standard InChI is InChI=1S/C31H34F4/c1-4-7-21-10-14-23(15-11-21)26-18-19-27(31(35)30(26)34)24-16-12-22(13-17-24)20-28(32)29(33)25(8-5-2)9-6-3/h4-5,7-8,12-13,16-19,21,23H,2,6,9-11,14-15,20H2,1,3H3/b7-4+,25-8-,29-28-. The Morgan fingerprint density at radius 3 is 2.26 bits per heavy atom. The highest BCUT2D eigenvalue weighted by molar-refractivity contribution is 5.65. The summed E-state index contributed by atoms with van der Waals surface area (Å²) in [6.45, 7) is 7.45. The lowest BCUT2D eigenvalue weighted by Gasteiger charge is -2.27. The molecule has 0 heterocycles. The van der Waals surface area contributed by atoms with Gasteiger partial charge in [-0.25, -0.2) is 17.6 Å². The Morgan fingerprint density at radius 1 is 0.971 bits per heavy atom. The molecular formula is C31H34F4. The van der Waals surface area contributed by atoms with Crippen molar-refractivity contribution >= 4 is 0 Å². The van der Waals surface area contributed by atoms with Crippen LogP contribution in [0, 0.1) is 17.6 Å². The molecule has 0 bridgehead atoms. The fraction of sp³-hybridized carbons (Fsp3) is 0.355. The molecule has 0 amide bonds. The van der Waals surface area contributed by atoms with Gasteiger partial charge in [-0.15, -0.1) is 0 Å². The van der Waals surface area contributed by atoms with Gasteiger partial charge in [0.25, 0.3) is 0 Å². The Kier molecular flexibility index (Phi) is 9.71. The molecule has 3 rings (SSSR count). The summed E-state index contributed by atoms with van der Waals surface area (Å²) < 4.78 is 59.1. The van der Waals surface area contributed by atoms with Crippen LogP contribution in [0.3, 0.4) is 0 Å². The zero-order chi connectivity index (χ0) is 25.4. The first kappa shape index (κ1) is 26.7. The maximum absolute atomic E-state index is 15.0. The van der Waals surface area contributed by atoms with E-state index in [-0.39, 0.29) is 23.5 Å². The largest absolute Gasteiger partial charge is 0.208 e. The van der Waals surface area contributed by atoms with Crippen molar-refractivity contribution in [2.45, 2.75) is 64.7 Å². The maximum Gasteiger partial charge on any atom is 0.166 e. The molecule has 0 aromatic heterocycles. The SMILES string of the molecule is C=C/C=C(CCC)\C(F)=C(\F)Cc1ccc(-c2ccc(C3CCC(/C=C/C)CC3)c(F)c2F)cc1. The zero-order valence-electron chi connectivity index (χ0n) is 20.6. The van der Waals surface area contributed by atoms with Crippen molar-refractivity contribution in [3.63, 3.8) is 0 Å². The van der Waals surface area contributed by atoms with E-state index in [9.17, 15) is 8.78 Å². The highest BCUT2D eigenvalue weighted by Gasteiger charge is 2.25. The number of halogens is 4. The predicted molar refractivity (Wildman–Crippen MR) is 137 cm³/mol. The van der Waals surface area contributed by atoms with Crippen LogP contribution in [0.2, 0.25) is 0 Å². The molecule has 0 radical (unpaired) electrons. The molecule has 1 saturated carbocycles. The van der Waals surface area contributed by atoms with Crippen LogP contribution in [0.1, 0.15) is 69.4 Å². The molecule has 1 fully saturated rings. The second-order valence-corrected chi connectivity index (χ2v) is 9.24. The van der Waals surface area contributed by atoms with E-state index >= 15 is 8.78 Å². The topological polar surface area (TPSA) is 0 Å². The predicted octanol–water partition coefficient (Wildman–Crippen LogP) is 10.1. The van der Waals surface area contributed by atoms with Crippen LogP contribution in [0.5, 0.6) is 0 Å². The van der Waals surface area contributed by atoms with Gasteiger partial charge in [-0.1, -0.05) is 80.6 Å². The second kappa shape index (κ2) is 12.7. The summed E-state index contributed by atoms with van der Waals surface area (Å²) in [7, 11) is 0. The molecule has 4 heteroatoms. The lowest BCUT2D eigenvalue weighted by Crippen LogP contribution is -2.13. The molecular weight excluding hydrogens is 448 g/mol. The number of allylic oxidation sites excluding steroid dienone is 7. The van der Waals surface area contributed by atoms with Crippen LogP contribution in [0.25, 0.3) is 11.1 Å². The normalized spacial score (nSPS) is 19.7. The van der Waals surface area contributed by atoms with Gasteiger partial charge >= 0.3 is 0 Å². The molecule has 2 aromatic rings. The molecule has 0 aliphatic heterocycles. The zero-order valence-corrected chi connectivity index (χ0v) is 20.6. The van der Waals surface area contributed by atoms with E-state index in [0.717, 1.165) is 25.7 Å². The van der Waals surface area contributed by atoms with E-state index in [1.165, 1.54) is 12.2 Å². The van der Waals surface area contributed by atoms with Gasteiger partial charge in [0, 0.05) is 12.0 Å². The van der Waals surface area contributed by atoms with Gasteiger partial charge in [-0.3, -0.25) is 0 Å². The van der Waals surface area contributed by atoms with Gasteiger partial charge in [0.1, 0.15) is 5.83 Å². The fourth-order valence-corrected chi connectivity index (χ4v) is 4.91. The van der Waals surface area contributed by atoms with Crippen LogP contribution in [-0.2, 0) is 6.42 Å². The molecule has 1 aliphatic rings. The number of benzene rings is 2. The van der Waals surface area contributed by atoms with Crippen LogP contribution in [-0.4, -0.2) is 0 Å². The lowest BCUT2D eigenvalue weighted by molar-refractivity contribution is 0.364. The fourth-order valence-electron chi connectivity index (χ4n) is 4.91. The molecule has 0 unspecified atom stereocenters. The average Bonchev–Trinajstić information content (AvgIpc) is 2.86. The molecule has 2 aromatic carbocycles. The third-order valence-electron chi connectivity index (χ3n) is 6.77. The summed E-state index contributed by atoms with van der Waals surface area (Å²) >= 11 is 0. The third-order valence-corrected chi connectivity index (χ3v) is 6.77. The van der Waals surface area contributed by atoms with Crippen LogP contribution >= 0.6 is 0 Å². The van der Waals surface area contributed by atoms with Gasteiger partial charge < -0.3 is 0 Å². The number of hydrogen-bond donors (Lipinski definition) is 0. The van der Waals surface area contributed by atoms with Crippen molar-refractivity contribution in [3.8, 4) is 11.1 Å². The maximum atomic E-state index is 15.0. The summed E-state index contributed by atoms with van der Waals surface area (Å²) in [6, 6.07) is 9.79. The van der Waals surface area contributed by atoms with Crippen LogP contribution in [0.4, 0.5) is 17.6 Å². The van der Waals surface area contributed by atoms with Gasteiger partial charge in [0.2, 0.25) is 0 Å². The van der Waals surface area contributed by atoms with E-state index in [0.29, 0.717) is 35.4 Å². The summed E-state index contributed by atoms with van der Waals surface area (Å²) in [4.78, 5) is 0. The minimum absolute atomic E-state index is 0.0276. The highest BCUT2D eigenvalue weighted by atomic mass is 19.2. The molecule has 0 nitrogen and oxygen atoms in total. The van der Waals surface area contributed by atoms with E-state index in [2.05, 4.69) is 18.7 Å². The first-order chi connectivity index (χ1) is 16.9. The lowest BCUT2D eigenvalue weighted by atomic mass is 9.78. The second-order valence-electron chi connectivity index (χ2n) is 9.24. The van der Waals surface area contributed by atoms with Crippen LogP contribution < -0.4 is 0 Å². The van der Waals surface area contributed by atoms with Gasteiger partial charge in [-0.2, -0.15) is 0 Å². The molecule has 0 N–H and O–H groups in total. The molecule has 0 saturated heterocycles. The minimum atomic E-state index is -0.862. The third kappa shape index (κ3) is 6.62. The van der Waals surface area contributed by atoms with Gasteiger partial charge in [0.15, 0.2) is 17.5 Å². The monoisotopic (exact) mass is 482 g/mol. The van der Waals surface area contributed by atoms with E-state index < -0.39 is 23.3 Å². The van der Waals surface area contributed by atoms with E-state index in [4.69, 9.17) is 0 Å². The Labute approximate surface area is 206 Å². The van der Waals surface area contributed by atoms with Crippen molar-refractivity contribution in [2.24, 2.45) is 5.92 Å². The quantitative estimate of drug-likeness (QED) is 0.189. The van der Waals surface area contributed by atoms with Crippen molar-refractivity contribution in [1.29, 1.82) is 0 Å². The molecule has 1 aliphatic carbocycles. The molecule has 186 valence electrons. The first-order valence-electron chi connectivity index (χ1n) is 12.5. The number of hydrogen-bond acceptors (Lipinski definition) is 0. The Balaban J connectivity index is 1.76. The van der Waals surface area contributed by atoms with Crippen molar-refractivity contribution < 1.29 is 17.6 Å². The van der Waals surface area contributed by atoms with E-state index in [1.54, 1.807) is 36.4 Å². The summed E-state index contributed by atoms with van der Waals surface area (Å²) in [5.74, 6) is -2.81. The van der Waals surface area contributed by atoms with Gasteiger partial charge in [-0.05, 0) is 73.1 Å². The summed E-state index contributed by atoms with van der Waals surface area (Å²) in [5, 5.41) is 0. The summed E-state index contributed by atoms with van der Waals surface area (Å²) in [6.07, 6.45) is 11.7. The minimum Gasteiger partial charge on any atom is -0.208 e. The average molecular weight is 483 g/mol. The highest BCUT2D eigenvalue weighted by Crippen LogP contribution is 2.39. The Hall–Kier alpha value is -2.88. The molecule has 0 atom stereocenters. The smallest absolute Gasteiger partial charge is 0.166 e. The van der Waals surface area contributed by atoms with Crippen molar-refractivity contribution in [1.82, 2.24) is 0 Å². The van der Waals surface area contributed by atoms with E-state index in [1.807, 2.05) is 13.8 Å². The van der Waals surface area contributed by atoms with Gasteiger partial charge in [0.05, 0.1) is 0 Å². The number of rotatable bonds is 9. The van der Waals surface area contributed by atoms with Crippen LogP contribution in [0.15, 0.2) is 84.5 Å². The summed E-state index contributed by atoms with van der Waals surface area (Å²) in [5.41, 5.74) is 1.94.